The molecule has 2 heterocycles. The third kappa shape index (κ3) is 2.32. The number of hydrogen-bond donors (Lipinski definition) is 2. The first-order valence-corrected chi connectivity index (χ1v) is 7.00. The van der Waals surface area contributed by atoms with Gasteiger partial charge < -0.3 is 11.1 Å². The van der Waals surface area contributed by atoms with Crippen LogP contribution in [-0.2, 0) is 0 Å². The van der Waals surface area contributed by atoms with Gasteiger partial charge in [-0.15, -0.1) is 11.3 Å². The SMILES string of the molecule is Nc1nc(Nc2cccc(Cl)c2Cl)c2ccsc2n1. The summed E-state index contributed by atoms with van der Waals surface area (Å²) in [6.07, 6.45) is 0. The van der Waals surface area contributed by atoms with Crippen LogP contribution in [0.3, 0.4) is 0 Å². The Balaban J connectivity index is 2.10. The van der Waals surface area contributed by atoms with Crippen molar-refractivity contribution in [1.29, 1.82) is 0 Å². The molecular formula is C12H8Cl2N4S. The molecule has 19 heavy (non-hydrogen) atoms. The minimum atomic E-state index is 0.218. The number of hydrogen-bond acceptors (Lipinski definition) is 5. The second-order valence-electron chi connectivity index (χ2n) is 3.80. The first kappa shape index (κ1) is 12.5. The third-order valence-electron chi connectivity index (χ3n) is 2.55. The van der Waals surface area contributed by atoms with E-state index in [-0.39, 0.29) is 5.95 Å². The molecule has 0 fully saturated rings. The normalized spacial score (nSPS) is 10.8. The lowest BCUT2D eigenvalue weighted by atomic mass is 10.3. The predicted molar refractivity (Wildman–Crippen MR) is 81.6 cm³/mol. The van der Waals surface area contributed by atoms with Crippen molar-refractivity contribution in [3.63, 3.8) is 0 Å². The van der Waals surface area contributed by atoms with E-state index in [4.69, 9.17) is 28.9 Å². The minimum absolute atomic E-state index is 0.218. The number of nitrogens with zero attached hydrogens (tertiary/aromatic N) is 2. The summed E-state index contributed by atoms with van der Waals surface area (Å²) in [5.74, 6) is 0.837. The largest absolute Gasteiger partial charge is 0.368 e. The van der Waals surface area contributed by atoms with Gasteiger partial charge in [0, 0.05) is 0 Å². The molecule has 0 bridgehead atoms. The molecular weight excluding hydrogens is 303 g/mol. The first-order chi connectivity index (χ1) is 9.15. The zero-order chi connectivity index (χ0) is 13.4. The Morgan fingerprint density at radius 1 is 1.16 bits per heavy atom. The Morgan fingerprint density at radius 3 is 2.84 bits per heavy atom. The molecule has 0 spiro atoms. The van der Waals surface area contributed by atoms with Crippen LogP contribution in [0.1, 0.15) is 0 Å². The molecule has 1 aromatic carbocycles. The summed E-state index contributed by atoms with van der Waals surface area (Å²) in [5, 5.41) is 6.91. The summed E-state index contributed by atoms with van der Waals surface area (Å²) in [6, 6.07) is 7.29. The van der Waals surface area contributed by atoms with Crippen LogP contribution >= 0.6 is 34.5 Å². The zero-order valence-electron chi connectivity index (χ0n) is 9.52. The quantitative estimate of drug-likeness (QED) is 0.739. The fourth-order valence-corrected chi connectivity index (χ4v) is 2.81. The maximum atomic E-state index is 6.14. The molecule has 3 rings (SSSR count). The summed E-state index contributed by atoms with van der Waals surface area (Å²) in [7, 11) is 0. The van der Waals surface area contributed by atoms with E-state index in [0.717, 1.165) is 10.2 Å². The van der Waals surface area contributed by atoms with E-state index in [1.165, 1.54) is 11.3 Å². The van der Waals surface area contributed by atoms with E-state index in [9.17, 15) is 0 Å². The number of rotatable bonds is 2. The Bertz CT molecular complexity index is 757. The first-order valence-electron chi connectivity index (χ1n) is 5.37. The highest BCUT2D eigenvalue weighted by Crippen LogP contribution is 2.34. The second-order valence-corrected chi connectivity index (χ2v) is 5.48. The summed E-state index contributed by atoms with van der Waals surface area (Å²) in [6.45, 7) is 0. The Kier molecular flexibility index (Phi) is 3.18. The van der Waals surface area contributed by atoms with Gasteiger partial charge in [0.25, 0.3) is 0 Å². The van der Waals surface area contributed by atoms with Crippen LogP contribution in [0.4, 0.5) is 17.5 Å². The molecule has 3 aromatic rings. The van der Waals surface area contributed by atoms with Gasteiger partial charge in [-0.2, -0.15) is 4.98 Å². The van der Waals surface area contributed by atoms with Crippen LogP contribution < -0.4 is 11.1 Å². The summed E-state index contributed by atoms with van der Waals surface area (Å²) < 4.78 is 0. The van der Waals surface area contributed by atoms with Crippen LogP contribution in [-0.4, -0.2) is 9.97 Å². The summed E-state index contributed by atoms with van der Waals surface area (Å²) >= 11 is 13.6. The van der Waals surface area contributed by atoms with Crippen LogP contribution in [0.2, 0.25) is 10.0 Å². The monoisotopic (exact) mass is 310 g/mol. The number of thiophene rings is 1. The molecule has 7 heteroatoms. The van der Waals surface area contributed by atoms with Gasteiger partial charge in [0.05, 0.1) is 21.1 Å². The molecule has 0 aliphatic carbocycles. The van der Waals surface area contributed by atoms with E-state index in [1.54, 1.807) is 6.07 Å². The van der Waals surface area contributed by atoms with Crippen LogP contribution in [0.5, 0.6) is 0 Å². The van der Waals surface area contributed by atoms with Gasteiger partial charge in [-0.3, -0.25) is 0 Å². The van der Waals surface area contributed by atoms with Crippen molar-refractivity contribution in [2.75, 3.05) is 11.1 Å². The molecule has 0 aliphatic rings. The number of fused-ring (bicyclic) bond motifs is 1. The van der Waals surface area contributed by atoms with Crippen LogP contribution in [0.25, 0.3) is 10.2 Å². The number of anilines is 3. The van der Waals surface area contributed by atoms with E-state index in [0.29, 0.717) is 21.6 Å². The molecule has 0 radical (unpaired) electrons. The summed E-state index contributed by atoms with van der Waals surface area (Å²) in [4.78, 5) is 9.19. The summed E-state index contributed by atoms with van der Waals surface area (Å²) in [5.41, 5.74) is 6.37. The van der Waals surface area contributed by atoms with Gasteiger partial charge in [-0.1, -0.05) is 29.3 Å². The van der Waals surface area contributed by atoms with Gasteiger partial charge in [-0.25, -0.2) is 4.98 Å². The highest BCUT2D eigenvalue weighted by Gasteiger charge is 2.10. The van der Waals surface area contributed by atoms with Crippen molar-refractivity contribution in [1.82, 2.24) is 9.97 Å². The van der Waals surface area contributed by atoms with Gasteiger partial charge in [0.1, 0.15) is 10.6 Å². The van der Waals surface area contributed by atoms with Crippen molar-refractivity contribution in [2.24, 2.45) is 0 Å². The molecule has 0 unspecified atom stereocenters. The third-order valence-corrected chi connectivity index (χ3v) is 4.17. The Labute approximate surface area is 123 Å². The molecule has 2 aromatic heterocycles. The van der Waals surface area contributed by atoms with Crippen molar-refractivity contribution in [3.05, 3.63) is 39.7 Å². The smallest absolute Gasteiger partial charge is 0.223 e. The topological polar surface area (TPSA) is 63.8 Å². The highest BCUT2D eigenvalue weighted by molar-refractivity contribution is 7.16. The average Bonchev–Trinajstić information content (AvgIpc) is 2.83. The van der Waals surface area contributed by atoms with Crippen LogP contribution in [0.15, 0.2) is 29.6 Å². The zero-order valence-corrected chi connectivity index (χ0v) is 11.9. The number of nitrogens with two attached hydrogens (primary N) is 1. The molecule has 4 nitrogen and oxygen atoms in total. The lowest BCUT2D eigenvalue weighted by Gasteiger charge is -2.09. The van der Waals surface area contributed by atoms with Crippen molar-refractivity contribution < 1.29 is 0 Å². The van der Waals surface area contributed by atoms with Crippen molar-refractivity contribution in [3.8, 4) is 0 Å². The van der Waals surface area contributed by atoms with E-state index in [1.807, 2.05) is 23.6 Å². The Morgan fingerprint density at radius 2 is 2.00 bits per heavy atom. The fraction of sp³-hybridized carbons (Fsp3) is 0. The van der Waals surface area contributed by atoms with E-state index < -0.39 is 0 Å². The number of nitrogen functional groups attached to an aromatic ring is 1. The predicted octanol–water partition coefficient (Wildman–Crippen LogP) is 4.32. The molecule has 0 saturated carbocycles. The standard InChI is InChI=1S/C12H8Cl2N4S/c13-7-2-1-3-8(9(7)14)16-10-6-4-5-19-11(6)18-12(15)17-10/h1-5H,(H3,15,16,17,18). The van der Waals surface area contributed by atoms with Crippen LogP contribution in [0, 0.1) is 0 Å². The molecule has 3 N–H and O–H groups in total. The molecule has 96 valence electrons. The lowest BCUT2D eigenvalue weighted by Crippen LogP contribution is -2.00. The van der Waals surface area contributed by atoms with Crippen molar-refractivity contribution >= 4 is 62.2 Å². The number of nitrogens with one attached hydrogen (secondary N) is 1. The second kappa shape index (κ2) is 4.85. The number of halogens is 2. The number of benzene rings is 1. The van der Waals surface area contributed by atoms with Crippen molar-refractivity contribution in [2.45, 2.75) is 0 Å². The maximum absolute atomic E-state index is 6.14. The van der Waals surface area contributed by atoms with E-state index >= 15 is 0 Å². The van der Waals surface area contributed by atoms with Gasteiger partial charge >= 0.3 is 0 Å². The molecule has 0 aliphatic heterocycles. The fourth-order valence-electron chi connectivity index (χ4n) is 1.70. The molecule has 0 amide bonds. The maximum Gasteiger partial charge on any atom is 0.223 e. The highest BCUT2D eigenvalue weighted by atomic mass is 35.5. The van der Waals surface area contributed by atoms with E-state index in [2.05, 4.69) is 15.3 Å². The average molecular weight is 311 g/mol. The molecule has 0 saturated heterocycles. The van der Waals surface area contributed by atoms with Gasteiger partial charge in [0.15, 0.2) is 0 Å². The van der Waals surface area contributed by atoms with Gasteiger partial charge in [-0.05, 0) is 23.6 Å². The molecule has 0 atom stereocenters. The minimum Gasteiger partial charge on any atom is -0.368 e. The lowest BCUT2D eigenvalue weighted by molar-refractivity contribution is 1.24. The number of aromatic nitrogens is 2. The Hall–Kier alpha value is -1.56. The van der Waals surface area contributed by atoms with Gasteiger partial charge in [0.2, 0.25) is 5.95 Å².